The molecule has 3 aromatic rings. The molecule has 21 heavy (non-hydrogen) atoms. The zero-order valence-electron chi connectivity index (χ0n) is 10.8. The van der Waals surface area contributed by atoms with Crippen molar-refractivity contribution in [1.82, 2.24) is 9.97 Å². The van der Waals surface area contributed by atoms with E-state index in [4.69, 9.17) is 5.73 Å². The fraction of sp³-hybridized carbons (Fsp3) is 0.0714. The number of halogens is 2. The van der Waals surface area contributed by atoms with Crippen LogP contribution in [0.2, 0.25) is 0 Å². The molecule has 0 spiro atoms. The van der Waals surface area contributed by atoms with E-state index in [1.807, 2.05) is 0 Å². The van der Waals surface area contributed by atoms with Crippen LogP contribution in [0.15, 0.2) is 41.3 Å². The Balaban J connectivity index is 1.89. The Labute approximate surface area is 121 Å². The molecule has 0 saturated carbocycles. The minimum absolute atomic E-state index is 0.0110. The van der Waals surface area contributed by atoms with Crippen LogP contribution in [0.4, 0.5) is 14.5 Å². The number of nitrogens with one attached hydrogen (secondary N) is 1. The van der Waals surface area contributed by atoms with Gasteiger partial charge in [0.15, 0.2) is 0 Å². The second kappa shape index (κ2) is 5.25. The normalized spacial score (nSPS) is 12.7. The fourth-order valence-electron chi connectivity index (χ4n) is 2.01. The third-order valence-electron chi connectivity index (χ3n) is 2.96. The highest BCUT2D eigenvalue weighted by Crippen LogP contribution is 2.19. The second-order valence-electron chi connectivity index (χ2n) is 4.52. The fourth-order valence-corrected chi connectivity index (χ4v) is 3.05. The van der Waals surface area contributed by atoms with E-state index in [1.165, 1.54) is 6.07 Å². The first-order chi connectivity index (χ1) is 10.0. The Kier molecular flexibility index (Phi) is 3.42. The zero-order valence-corrected chi connectivity index (χ0v) is 11.6. The van der Waals surface area contributed by atoms with Gasteiger partial charge in [0.2, 0.25) is 0 Å². The molecule has 0 aliphatic carbocycles. The Hall–Kier alpha value is -2.28. The molecule has 1 atom stereocenters. The lowest BCUT2D eigenvalue weighted by atomic mass is 10.3. The summed E-state index contributed by atoms with van der Waals surface area (Å²) < 4.78 is 38.6. The lowest BCUT2D eigenvalue weighted by Crippen LogP contribution is -2.01. The predicted octanol–water partition coefficient (Wildman–Crippen LogP) is 2.73. The van der Waals surface area contributed by atoms with Crippen LogP contribution < -0.4 is 5.73 Å². The maximum atomic E-state index is 13.6. The van der Waals surface area contributed by atoms with Gasteiger partial charge in [-0.25, -0.2) is 13.8 Å². The summed E-state index contributed by atoms with van der Waals surface area (Å²) in [5.41, 5.74) is 7.67. The number of nitrogens with zero attached hydrogens (tertiary/aromatic N) is 1. The summed E-state index contributed by atoms with van der Waals surface area (Å²) in [7, 11) is -1.65. The van der Waals surface area contributed by atoms with E-state index >= 15 is 0 Å². The van der Waals surface area contributed by atoms with E-state index in [0.717, 1.165) is 11.6 Å². The minimum Gasteiger partial charge on any atom is -0.399 e. The summed E-state index contributed by atoms with van der Waals surface area (Å²) in [6.45, 7) is 0. The van der Waals surface area contributed by atoms with Gasteiger partial charge in [0.1, 0.15) is 17.5 Å². The highest BCUT2D eigenvalue weighted by Gasteiger charge is 2.14. The average molecular weight is 307 g/mol. The molecule has 7 heteroatoms. The van der Waals surface area contributed by atoms with Gasteiger partial charge in [-0.3, -0.25) is 4.21 Å². The Bertz CT molecular complexity index is 847. The average Bonchev–Trinajstić information content (AvgIpc) is 2.79. The molecule has 108 valence electrons. The first-order valence-corrected chi connectivity index (χ1v) is 7.42. The van der Waals surface area contributed by atoms with E-state index in [2.05, 4.69) is 9.97 Å². The van der Waals surface area contributed by atoms with Gasteiger partial charge in [-0.05, 0) is 30.3 Å². The Morgan fingerprint density at radius 1 is 1.19 bits per heavy atom. The van der Waals surface area contributed by atoms with Gasteiger partial charge in [0.25, 0.3) is 0 Å². The first kappa shape index (κ1) is 13.7. The van der Waals surface area contributed by atoms with Crippen molar-refractivity contribution in [3.8, 4) is 0 Å². The van der Waals surface area contributed by atoms with Crippen LogP contribution in [0.1, 0.15) is 5.82 Å². The van der Waals surface area contributed by atoms with Crippen LogP contribution in [0.3, 0.4) is 0 Å². The van der Waals surface area contributed by atoms with E-state index in [1.54, 1.807) is 18.2 Å². The monoisotopic (exact) mass is 307 g/mol. The SMILES string of the molecule is Nc1ccc2nc(CS(=O)c3ccc(F)cc3F)[nH]c2c1. The highest BCUT2D eigenvalue weighted by molar-refractivity contribution is 7.84. The summed E-state index contributed by atoms with van der Waals surface area (Å²) >= 11 is 0. The molecule has 0 fully saturated rings. The van der Waals surface area contributed by atoms with Crippen molar-refractivity contribution < 1.29 is 13.0 Å². The van der Waals surface area contributed by atoms with Crippen molar-refractivity contribution in [2.75, 3.05) is 5.73 Å². The number of aromatic amines is 1. The number of H-pyrrole nitrogens is 1. The van der Waals surface area contributed by atoms with Crippen molar-refractivity contribution in [1.29, 1.82) is 0 Å². The molecule has 1 unspecified atom stereocenters. The molecule has 1 heterocycles. The number of benzene rings is 2. The maximum absolute atomic E-state index is 13.6. The summed E-state index contributed by atoms with van der Waals surface area (Å²) in [5.74, 6) is -1.06. The van der Waals surface area contributed by atoms with Crippen LogP contribution >= 0.6 is 0 Å². The largest absolute Gasteiger partial charge is 0.399 e. The summed E-state index contributed by atoms with van der Waals surface area (Å²) in [5, 5.41) is 0. The number of nitrogens with two attached hydrogens (primary N) is 1. The number of rotatable bonds is 3. The Morgan fingerprint density at radius 3 is 2.76 bits per heavy atom. The van der Waals surface area contributed by atoms with Crippen LogP contribution in [-0.2, 0) is 16.6 Å². The topological polar surface area (TPSA) is 71.8 Å². The van der Waals surface area contributed by atoms with Crippen LogP contribution in [-0.4, -0.2) is 14.2 Å². The third kappa shape index (κ3) is 2.78. The Morgan fingerprint density at radius 2 is 2.00 bits per heavy atom. The maximum Gasteiger partial charge on any atom is 0.142 e. The van der Waals surface area contributed by atoms with Crippen LogP contribution in [0, 0.1) is 11.6 Å². The lowest BCUT2D eigenvalue weighted by Gasteiger charge is -2.02. The van der Waals surface area contributed by atoms with Crippen molar-refractivity contribution in [2.24, 2.45) is 0 Å². The van der Waals surface area contributed by atoms with Gasteiger partial charge in [0.05, 0.1) is 32.5 Å². The van der Waals surface area contributed by atoms with Gasteiger partial charge in [-0.2, -0.15) is 0 Å². The van der Waals surface area contributed by atoms with Crippen molar-refractivity contribution in [3.63, 3.8) is 0 Å². The van der Waals surface area contributed by atoms with E-state index in [9.17, 15) is 13.0 Å². The molecule has 3 N–H and O–H groups in total. The van der Waals surface area contributed by atoms with Gasteiger partial charge in [-0.15, -0.1) is 0 Å². The molecule has 4 nitrogen and oxygen atoms in total. The summed E-state index contributed by atoms with van der Waals surface area (Å²) in [6, 6.07) is 8.15. The molecule has 2 aromatic carbocycles. The van der Waals surface area contributed by atoms with Crippen molar-refractivity contribution in [2.45, 2.75) is 10.6 Å². The van der Waals surface area contributed by atoms with E-state index < -0.39 is 22.4 Å². The number of anilines is 1. The van der Waals surface area contributed by atoms with E-state index in [0.29, 0.717) is 23.1 Å². The van der Waals surface area contributed by atoms with Crippen LogP contribution in [0.25, 0.3) is 11.0 Å². The molecular formula is C14H11F2N3OS. The standard InChI is InChI=1S/C14H11F2N3OS/c15-8-1-4-13(10(16)5-8)21(20)7-14-18-11-3-2-9(17)6-12(11)19-14/h1-6H,7,17H2,(H,18,19). The van der Waals surface area contributed by atoms with Gasteiger partial charge < -0.3 is 10.7 Å². The molecule has 1 aromatic heterocycles. The predicted molar refractivity (Wildman–Crippen MR) is 77.0 cm³/mol. The second-order valence-corrected chi connectivity index (χ2v) is 5.94. The number of hydrogen-bond donors (Lipinski definition) is 2. The molecule has 0 radical (unpaired) electrons. The smallest absolute Gasteiger partial charge is 0.142 e. The number of imidazole rings is 1. The third-order valence-corrected chi connectivity index (χ3v) is 4.32. The molecule has 0 bridgehead atoms. The van der Waals surface area contributed by atoms with Gasteiger partial charge >= 0.3 is 0 Å². The lowest BCUT2D eigenvalue weighted by molar-refractivity contribution is 0.562. The zero-order chi connectivity index (χ0) is 15.0. The molecule has 0 aliphatic rings. The summed E-state index contributed by atoms with van der Waals surface area (Å²) in [6.07, 6.45) is 0. The number of nitrogen functional groups attached to an aromatic ring is 1. The van der Waals surface area contributed by atoms with Crippen molar-refractivity contribution >= 4 is 27.5 Å². The molecule has 3 rings (SSSR count). The quantitative estimate of drug-likeness (QED) is 0.731. The number of hydrogen-bond acceptors (Lipinski definition) is 3. The first-order valence-electron chi connectivity index (χ1n) is 6.10. The summed E-state index contributed by atoms with van der Waals surface area (Å²) in [4.78, 5) is 7.21. The van der Waals surface area contributed by atoms with Crippen LogP contribution in [0.5, 0.6) is 0 Å². The van der Waals surface area contributed by atoms with Crippen molar-refractivity contribution in [3.05, 3.63) is 53.9 Å². The van der Waals surface area contributed by atoms with Gasteiger partial charge in [-0.1, -0.05) is 0 Å². The number of aromatic nitrogens is 2. The molecule has 0 aliphatic heterocycles. The number of fused-ring (bicyclic) bond motifs is 1. The highest BCUT2D eigenvalue weighted by atomic mass is 32.2. The minimum atomic E-state index is -1.65. The van der Waals surface area contributed by atoms with Gasteiger partial charge in [0, 0.05) is 11.8 Å². The molecule has 0 amide bonds. The van der Waals surface area contributed by atoms with E-state index in [-0.39, 0.29) is 10.6 Å². The molecule has 0 saturated heterocycles. The molecular weight excluding hydrogens is 296 g/mol.